The molecule has 18 heavy (non-hydrogen) atoms. The number of aliphatic hydroxyl groups excluding tert-OH is 1. The van der Waals surface area contributed by atoms with E-state index in [1.807, 2.05) is 31.2 Å². The fraction of sp³-hybridized carbons (Fsp3) is 0.571. The molecule has 0 radical (unpaired) electrons. The van der Waals surface area contributed by atoms with E-state index in [2.05, 4.69) is 0 Å². The Morgan fingerprint density at radius 3 is 2.44 bits per heavy atom. The van der Waals surface area contributed by atoms with Crippen molar-refractivity contribution in [3.05, 3.63) is 29.8 Å². The van der Waals surface area contributed by atoms with Crippen molar-refractivity contribution in [1.82, 2.24) is 0 Å². The Hall–Kier alpha value is -1.10. The maximum Gasteiger partial charge on any atom is 0.119 e. The molecule has 102 valence electrons. The van der Waals surface area contributed by atoms with Crippen LogP contribution in [0.3, 0.4) is 0 Å². The monoisotopic (exact) mass is 253 g/mol. The van der Waals surface area contributed by atoms with E-state index in [1.54, 1.807) is 7.11 Å². The summed E-state index contributed by atoms with van der Waals surface area (Å²) in [4.78, 5) is 0. The Morgan fingerprint density at radius 1 is 1.22 bits per heavy atom. The minimum absolute atomic E-state index is 0.227. The van der Waals surface area contributed by atoms with Crippen molar-refractivity contribution in [3.63, 3.8) is 0 Å². The van der Waals surface area contributed by atoms with E-state index in [1.165, 1.54) is 5.56 Å². The highest BCUT2D eigenvalue weighted by Gasteiger charge is 2.04. The average Bonchev–Trinajstić information content (AvgIpc) is 2.35. The molecule has 0 bridgehead atoms. The normalized spacial score (nSPS) is 14.2. The van der Waals surface area contributed by atoms with Crippen LogP contribution in [0.15, 0.2) is 24.3 Å². The Balaban J connectivity index is 2.35. The Morgan fingerprint density at radius 2 is 1.89 bits per heavy atom. The smallest absolute Gasteiger partial charge is 0.119 e. The van der Waals surface area contributed by atoms with Crippen LogP contribution in [0.2, 0.25) is 0 Å². The van der Waals surface area contributed by atoms with E-state index in [0.29, 0.717) is 0 Å². The van der Waals surface area contributed by atoms with Crippen molar-refractivity contribution in [3.8, 4) is 5.75 Å². The predicted molar refractivity (Wildman–Crippen MR) is 71.8 cm³/mol. The molecule has 0 aliphatic rings. The number of nitrogens with two attached hydrogens (primary N) is 1. The van der Waals surface area contributed by atoms with Crippen LogP contribution in [0, 0.1) is 0 Å². The number of benzene rings is 1. The molecule has 2 atom stereocenters. The second kappa shape index (κ2) is 8.08. The highest BCUT2D eigenvalue weighted by molar-refractivity contribution is 5.27. The summed E-state index contributed by atoms with van der Waals surface area (Å²) in [5.74, 6) is 0.759. The van der Waals surface area contributed by atoms with E-state index >= 15 is 0 Å². The van der Waals surface area contributed by atoms with Crippen LogP contribution in [0.1, 0.15) is 18.9 Å². The zero-order valence-electron chi connectivity index (χ0n) is 11.1. The van der Waals surface area contributed by atoms with Gasteiger partial charge in [0.25, 0.3) is 0 Å². The molecule has 0 saturated carbocycles. The van der Waals surface area contributed by atoms with Gasteiger partial charge in [-0.15, -0.1) is 0 Å². The first-order valence-electron chi connectivity index (χ1n) is 6.26. The van der Waals surface area contributed by atoms with Gasteiger partial charge in [-0.1, -0.05) is 12.1 Å². The van der Waals surface area contributed by atoms with Gasteiger partial charge in [0, 0.05) is 13.2 Å². The summed E-state index contributed by atoms with van der Waals surface area (Å²) in [6.07, 6.45) is 1.37. The molecular weight excluding hydrogens is 230 g/mol. The molecular formula is C14H23NO3. The van der Waals surface area contributed by atoms with Gasteiger partial charge in [-0.25, -0.2) is 0 Å². The zero-order chi connectivity index (χ0) is 13.4. The van der Waals surface area contributed by atoms with Crippen LogP contribution in [-0.2, 0) is 11.2 Å². The van der Waals surface area contributed by atoms with E-state index in [9.17, 15) is 5.11 Å². The third-order valence-corrected chi connectivity index (χ3v) is 2.61. The maximum atomic E-state index is 9.45. The Kier molecular flexibility index (Phi) is 6.72. The van der Waals surface area contributed by atoms with Crippen molar-refractivity contribution < 1.29 is 14.6 Å². The molecule has 3 N–H and O–H groups in total. The SMILES string of the molecule is COCC(O)COc1ccc(CCC(C)N)cc1. The van der Waals surface area contributed by atoms with Gasteiger partial charge in [0.05, 0.1) is 6.61 Å². The highest BCUT2D eigenvalue weighted by atomic mass is 16.5. The second-order valence-electron chi connectivity index (χ2n) is 4.58. The molecule has 4 heteroatoms. The number of ether oxygens (including phenoxy) is 2. The van der Waals surface area contributed by atoms with Gasteiger partial charge in [0.1, 0.15) is 18.5 Å². The number of hydrogen-bond donors (Lipinski definition) is 2. The zero-order valence-corrected chi connectivity index (χ0v) is 11.1. The summed E-state index contributed by atoms with van der Waals surface area (Å²) in [7, 11) is 1.55. The number of rotatable bonds is 8. The molecule has 4 nitrogen and oxygen atoms in total. The summed E-state index contributed by atoms with van der Waals surface area (Å²) in [6.45, 7) is 2.54. The molecule has 1 aromatic rings. The van der Waals surface area contributed by atoms with Crippen LogP contribution in [0.5, 0.6) is 5.75 Å². The largest absolute Gasteiger partial charge is 0.491 e. The molecule has 0 amide bonds. The van der Waals surface area contributed by atoms with Gasteiger partial charge in [-0.2, -0.15) is 0 Å². The van der Waals surface area contributed by atoms with Gasteiger partial charge in [-0.3, -0.25) is 0 Å². The van der Waals surface area contributed by atoms with E-state index in [0.717, 1.165) is 18.6 Å². The Labute approximate surface area is 109 Å². The molecule has 1 rings (SSSR count). The summed E-state index contributed by atoms with van der Waals surface area (Å²) in [5.41, 5.74) is 6.96. The fourth-order valence-electron chi connectivity index (χ4n) is 1.58. The standard InChI is InChI=1S/C14H23NO3/c1-11(15)3-4-12-5-7-14(8-6-12)18-10-13(16)9-17-2/h5-8,11,13,16H,3-4,9-10,15H2,1-2H3. The Bertz CT molecular complexity index is 324. The van der Waals surface area contributed by atoms with Crippen LogP contribution in [-0.4, -0.2) is 37.6 Å². The lowest BCUT2D eigenvalue weighted by Crippen LogP contribution is -2.22. The van der Waals surface area contributed by atoms with E-state index < -0.39 is 6.10 Å². The molecule has 1 aromatic carbocycles. The van der Waals surface area contributed by atoms with Crippen molar-refractivity contribution in [2.45, 2.75) is 31.9 Å². The van der Waals surface area contributed by atoms with Crippen molar-refractivity contribution in [2.24, 2.45) is 5.73 Å². The summed E-state index contributed by atoms with van der Waals surface area (Å²) >= 11 is 0. The predicted octanol–water partition coefficient (Wildman–Crippen LogP) is 1.35. The quantitative estimate of drug-likeness (QED) is 0.734. The highest BCUT2D eigenvalue weighted by Crippen LogP contribution is 2.14. The first-order chi connectivity index (χ1) is 8.61. The molecule has 0 aliphatic carbocycles. The second-order valence-corrected chi connectivity index (χ2v) is 4.58. The molecule has 0 saturated heterocycles. The molecule has 2 unspecified atom stereocenters. The van der Waals surface area contributed by atoms with Gasteiger partial charge in [-0.05, 0) is 37.5 Å². The topological polar surface area (TPSA) is 64.7 Å². The molecule has 0 heterocycles. The first kappa shape index (κ1) is 15.0. The lowest BCUT2D eigenvalue weighted by molar-refractivity contribution is 0.0325. The summed E-state index contributed by atoms with van der Waals surface area (Å²) in [5, 5.41) is 9.45. The van der Waals surface area contributed by atoms with Crippen LogP contribution in [0.4, 0.5) is 0 Å². The summed E-state index contributed by atoms with van der Waals surface area (Å²) < 4.78 is 10.3. The van der Waals surface area contributed by atoms with Gasteiger partial charge in [0.15, 0.2) is 0 Å². The molecule has 0 spiro atoms. The van der Waals surface area contributed by atoms with Gasteiger partial charge >= 0.3 is 0 Å². The van der Waals surface area contributed by atoms with Crippen LogP contribution in [0.25, 0.3) is 0 Å². The van der Waals surface area contributed by atoms with Gasteiger partial charge < -0.3 is 20.3 Å². The minimum Gasteiger partial charge on any atom is -0.491 e. The van der Waals surface area contributed by atoms with E-state index in [-0.39, 0.29) is 19.3 Å². The third kappa shape index (κ3) is 6.00. The van der Waals surface area contributed by atoms with Crippen LogP contribution >= 0.6 is 0 Å². The first-order valence-corrected chi connectivity index (χ1v) is 6.26. The fourth-order valence-corrected chi connectivity index (χ4v) is 1.58. The number of methoxy groups -OCH3 is 1. The average molecular weight is 253 g/mol. The lowest BCUT2D eigenvalue weighted by Gasteiger charge is -2.12. The third-order valence-electron chi connectivity index (χ3n) is 2.61. The number of aliphatic hydroxyl groups is 1. The van der Waals surface area contributed by atoms with Crippen LogP contribution < -0.4 is 10.5 Å². The number of hydrogen-bond acceptors (Lipinski definition) is 4. The van der Waals surface area contributed by atoms with Crippen molar-refractivity contribution in [2.75, 3.05) is 20.3 Å². The molecule has 0 aliphatic heterocycles. The van der Waals surface area contributed by atoms with E-state index in [4.69, 9.17) is 15.2 Å². The van der Waals surface area contributed by atoms with Gasteiger partial charge in [0.2, 0.25) is 0 Å². The maximum absolute atomic E-state index is 9.45. The van der Waals surface area contributed by atoms with Crippen molar-refractivity contribution in [1.29, 1.82) is 0 Å². The lowest BCUT2D eigenvalue weighted by atomic mass is 10.1. The minimum atomic E-state index is -0.590. The van der Waals surface area contributed by atoms with Crippen molar-refractivity contribution >= 4 is 0 Å². The number of aryl methyl sites for hydroxylation is 1. The summed E-state index contributed by atoms with van der Waals surface area (Å²) in [6, 6.07) is 8.11. The molecule has 0 fully saturated rings. The molecule has 0 aromatic heterocycles.